The molecular weight excluding hydrogens is 294 g/mol. The van der Waals surface area contributed by atoms with E-state index in [1.165, 1.54) is 36.7 Å². The van der Waals surface area contributed by atoms with Gasteiger partial charge in [-0.15, -0.1) is 0 Å². The summed E-state index contributed by atoms with van der Waals surface area (Å²) in [6.07, 6.45) is 2.89. The summed E-state index contributed by atoms with van der Waals surface area (Å²) in [7, 11) is -3.94. The Labute approximate surface area is 119 Å². The SMILES string of the molecule is O=S(=O)(c1ccccc1)c1no[n+]([O-])c1-c1ccncc1. The largest absolute Gasteiger partial charge is 0.359 e. The van der Waals surface area contributed by atoms with Crippen LogP contribution in [0.1, 0.15) is 0 Å². The van der Waals surface area contributed by atoms with Gasteiger partial charge in [0.2, 0.25) is 5.69 Å². The normalized spacial score (nSPS) is 11.4. The summed E-state index contributed by atoms with van der Waals surface area (Å²) in [5.74, 6) is 0. The molecule has 2 aromatic heterocycles. The molecule has 1 aromatic carbocycles. The second-order valence-electron chi connectivity index (χ2n) is 4.14. The molecule has 2 heterocycles. The fraction of sp³-hybridized carbons (Fsp3) is 0. The molecule has 0 aliphatic heterocycles. The fourth-order valence-corrected chi connectivity index (χ4v) is 3.18. The third-order valence-corrected chi connectivity index (χ3v) is 4.51. The Balaban J connectivity index is 2.22. The van der Waals surface area contributed by atoms with Crippen LogP contribution in [0.15, 0.2) is 69.4 Å². The second-order valence-corrected chi connectivity index (χ2v) is 6.00. The zero-order valence-corrected chi connectivity index (χ0v) is 11.4. The molecule has 8 heteroatoms. The molecule has 0 amide bonds. The number of hydrogen-bond donors (Lipinski definition) is 0. The van der Waals surface area contributed by atoms with Crippen LogP contribution < -0.4 is 4.90 Å². The highest BCUT2D eigenvalue weighted by atomic mass is 32.2. The van der Waals surface area contributed by atoms with Crippen molar-refractivity contribution in [1.29, 1.82) is 0 Å². The zero-order valence-electron chi connectivity index (χ0n) is 10.6. The molecule has 0 unspecified atom stereocenters. The van der Waals surface area contributed by atoms with Crippen molar-refractivity contribution >= 4 is 9.84 Å². The number of rotatable bonds is 3. The van der Waals surface area contributed by atoms with Crippen LogP contribution in [0.25, 0.3) is 11.3 Å². The van der Waals surface area contributed by atoms with E-state index in [2.05, 4.69) is 14.8 Å². The van der Waals surface area contributed by atoms with Gasteiger partial charge in [0, 0.05) is 18.0 Å². The molecule has 0 aliphatic carbocycles. The first-order valence-corrected chi connectivity index (χ1v) is 7.39. The molecule has 0 N–H and O–H groups in total. The van der Waals surface area contributed by atoms with Crippen LogP contribution in [-0.2, 0) is 9.84 Å². The van der Waals surface area contributed by atoms with Gasteiger partial charge in [0.1, 0.15) is 0 Å². The number of sulfone groups is 1. The summed E-state index contributed by atoms with van der Waals surface area (Å²) < 4.78 is 29.6. The molecule has 21 heavy (non-hydrogen) atoms. The van der Waals surface area contributed by atoms with Gasteiger partial charge in [-0.05, 0) is 29.2 Å². The van der Waals surface area contributed by atoms with E-state index in [4.69, 9.17) is 0 Å². The van der Waals surface area contributed by atoms with E-state index in [1.807, 2.05) is 0 Å². The topological polar surface area (TPSA) is 100 Å². The highest BCUT2D eigenvalue weighted by molar-refractivity contribution is 7.91. The summed E-state index contributed by atoms with van der Waals surface area (Å²) in [6, 6.07) is 10.7. The van der Waals surface area contributed by atoms with Gasteiger partial charge in [0.15, 0.2) is 0 Å². The highest BCUT2D eigenvalue weighted by Gasteiger charge is 2.34. The van der Waals surface area contributed by atoms with Crippen molar-refractivity contribution in [3.05, 3.63) is 60.1 Å². The molecule has 0 saturated heterocycles. The Morgan fingerprint density at radius 3 is 2.38 bits per heavy atom. The standard InChI is InChI=1S/C13H9N3O4S/c17-16-12(10-6-8-14-9-7-10)13(15-20-16)21(18,19)11-4-2-1-3-5-11/h1-9H. The summed E-state index contributed by atoms with van der Waals surface area (Å²) in [4.78, 5) is 3.93. The van der Waals surface area contributed by atoms with Crippen molar-refractivity contribution in [2.24, 2.45) is 0 Å². The smallest absolute Gasteiger partial charge is 0.344 e. The minimum Gasteiger partial charge on any atom is -0.359 e. The number of aromatic nitrogens is 3. The lowest BCUT2D eigenvalue weighted by Crippen LogP contribution is -2.26. The molecular formula is C13H9N3O4S. The minimum absolute atomic E-state index is 0.0363. The molecule has 0 radical (unpaired) electrons. The quantitative estimate of drug-likeness (QED) is 0.674. The van der Waals surface area contributed by atoms with Crippen LogP contribution in [0.2, 0.25) is 0 Å². The molecule has 0 fully saturated rings. The minimum atomic E-state index is -3.94. The van der Waals surface area contributed by atoms with Gasteiger partial charge >= 0.3 is 5.03 Å². The molecule has 0 bridgehead atoms. The predicted octanol–water partition coefficient (Wildman–Crippen LogP) is 1.20. The Morgan fingerprint density at radius 1 is 1.05 bits per heavy atom. The van der Waals surface area contributed by atoms with Crippen molar-refractivity contribution in [3.8, 4) is 11.3 Å². The molecule has 0 aliphatic rings. The maximum absolute atomic E-state index is 12.6. The van der Waals surface area contributed by atoms with Gasteiger partial charge in [-0.2, -0.15) is 0 Å². The van der Waals surface area contributed by atoms with Crippen molar-refractivity contribution < 1.29 is 17.9 Å². The molecule has 106 valence electrons. The first-order valence-electron chi connectivity index (χ1n) is 5.91. The van der Waals surface area contributed by atoms with Crippen LogP contribution in [0, 0.1) is 5.21 Å². The fourth-order valence-electron chi connectivity index (χ4n) is 1.86. The molecule has 3 rings (SSSR count). The number of benzene rings is 1. The Bertz CT molecular complexity index is 861. The average Bonchev–Trinajstić information content (AvgIpc) is 2.91. The predicted molar refractivity (Wildman–Crippen MR) is 70.6 cm³/mol. The summed E-state index contributed by atoms with van der Waals surface area (Å²) in [5.41, 5.74) is 0.192. The maximum atomic E-state index is 12.6. The Hall–Kier alpha value is -2.74. The van der Waals surface area contributed by atoms with Gasteiger partial charge in [0.05, 0.1) is 10.1 Å². The van der Waals surface area contributed by atoms with Crippen LogP contribution in [0.4, 0.5) is 0 Å². The lowest BCUT2D eigenvalue weighted by atomic mass is 10.2. The lowest BCUT2D eigenvalue weighted by molar-refractivity contribution is -0.793. The first-order chi connectivity index (χ1) is 10.1. The van der Waals surface area contributed by atoms with Crippen LogP contribution in [0.3, 0.4) is 0 Å². The molecule has 7 nitrogen and oxygen atoms in total. The Morgan fingerprint density at radius 2 is 1.71 bits per heavy atom. The molecule has 0 saturated carbocycles. The third kappa shape index (κ3) is 2.25. The number of nitrogens with zero attached hydrogens (tertiary/aromatic N) is 3. The van der Waals surface area contributed by atoms with Gasteiger partial charge in [-0.3, -0.25) is 9.61 Å². The van der Waals surface area contributed by atoms with E-state index in [-0.39, 0.29) is 15.5 Å². The average molecular weight is 303 g/mol. The van der Waals surface area contributed by atoms with Crippen LogP contribution >= 0.6 is 0 Å². The monoisotopic (exact) mass is 303 g/mol. The van der Waals surface area contributed by atoms with E-state index >= 15 is 0 Å². The van der Waals surface area contributed by atoms with Crippen LogP contribution in [-0.4, -0.2) is 18.6 Å². The van der Waals surface area contributed by atoms with Crippen molar-refractivity contribution in [2.75, 3.05) is 0 Å². The molecule has 3 aromatic rings. The second kappa shape index (κ2) is 4.98. The summed E-state index contributed by atoms with van der Waals surface area (Å²) >= 11 is 0. The van der Waals surface area contributed by atoms with Crippen LogP contribution in [0.5, 0.6) is 0 Å². The van der Waals surface area contributed by atoms with E-state index in [0.29, 0.717) is 5.56 Å². The third-order valence-electron chi connectivity index (χ3n) is 2.84. The first kappa shape index (κ1) is 13.3. The number of hydrogen-bond acceptors (Lipinski definition) is 6. The molecule has 0 atom stereocenters. The molecule has 0 spiro atoms. The van der Waals surface area contributed by atoms with Gasteiger partial charge in [0.25, 0.3) is 9.84 Å². The van der Waals surface area contributed by atoms with Crippen molar-refractivity contribution in [1.82, 2.24) is 10.1 Å². The van der Waals surface area contributed by atoms with Gasteiger partial charge < -0.3 is 5.21 Å². The summed E-state index contributed by atoms with van der Waals surface area (Å²) in [6.45, 7) is 0. The van der Waals surface area contributed by atoms with E-state index in [9.17, 15) is 13.6 Å². The Kier molecular flexibility index (Phi) is 3.15. The summed E-state index contributed by atoms with van der Waals surface area (Å²) in [5, 5.41) is 14.7. The van der Waals surface area contributed by atoms with E-state index < -0.39 is 14.9 Å². The zero-order chi connectivity index (χ0) is 14.9. The maximum Gasteiger partial charge on any atom is 0.344 e. The van der Waals surface area contributed by atoms with E-state index in [0.717, 1.165) is 0 Å². The highest BCUT2D eigenvalue weighted by Crippen LogP contribution is 2.26. The van der Waals surface area contributed by atoms with Crippen molar-refractivity contribution in [2.45, 2.75) is 9.92 Å². The van der Waals surface area contributed by atoms with Gasteiger partial charge in [-0.1, -0.05) is 18.2 Å². The van der Waals surface area contributed by atoms with Gasteiger partial charge in [-0.25, -0.2) is 8.42 Å². The van der Waals surface area contributed by atoms with E-state index in [1.54, 1.807) is 18.2 Å². The lowest BCUT2D eigenvalue weighted by Gasteiger charge is -2.00. The van der Waals surface area contributed by atoms with Crippen molar-refractivity contribution in [3.63, 3.8) is 0 Å². The number of pyridine rings is 1.